The van der Waals surface area contributed by atoms with Crippen LogP contribution in [0.5, 0.6) is 5.75 Å². The fourth-order valence-corrected chi connectivity index (χ4v) is 2.30. The van der Waals surface area contributed by atoms with E-state index in [2.05, 4.69) is 10.3 Å². The Balaban J connectivity index is 2.18. The van der Waals surface area contributed by atoms with Crippen molar-refractivity contribution in [3.63, 3.8) is 0 Å². The first-order valence-electron chi connectivity index (χ1n) is 6.62. The van der Waals surface area contributed by atoms with E-state index in [0.717, 1.165) is 5.56 Å². The van der Waals surface area contributed by atoms with Crippen molar-refractivity contribution in [2.45, 2.75) is 25.9 Å². The first-order valence-corrected chi connectivity index (χ1v) is 6.62. The van der Waals surface area contributed by atoms with E-state index in [0.29, 0.717) is 11.3 Å². The number of hydrogen-bond donors (Lipinski definition) is 1. The highest BCUT2D eigenvalue weighted by atomic mass is 19.1. The van der Waals surface area contributed by atoms with Gasteiger partial charge in [-0.05, 0) is 37.6 Å². The zero-order chi connectivity index (χ0) is 14.5. The van der Waals surface area contributed by atoms with Gasteiger partial charge in [0.25, 0.3) is 0 Å². The first kappa shape index (κ1) is 14.5. The van der Waals surface area contributed by atoms with Crippen LogP contribution in [0.2, 0.25) is 0 Å². The third-order valence-corrected chi connectivity index (χ3v) is 3.35. The summed E-state index contributed by atoms with van der Waals surface area (Å²) in [5.74, 6) is 0.297. The molecule has 2 atom stereocenters. The number of nitrogens with one attached hydrogen (secondary N) is 1. The van der Waals surface area contributed by atoms with E-state index in [-0.39, 0.29) is 17.9 Å². The minimum Gasteiger partial charge on any atom is -0.496 e. The predicted octanol–water partition coefficient (Wildman–Crippen LogP) is 3.64. The Labute approximate surface area is 118 Å². The van der Waals surface area contributed by atoms with Gasteiger partial charge in [0, 0.05) is 30.0 Å². The summed E-state index contributed by atoms with van der Waals surface area (Å²) >= 11 is 0. The van der Waals surface area contributed by atoms with Gasteiger partial charge in [-0.3, -0.25) is 4.98 Å². The van der Waals surface area contributed by atoms with Crippen molar-refractivity contribution < 1.29 is 9.13 Å². The van der Waals surface area contributed by atoms with Crippen molar-refractivity contribution in [1.82, 2.24) is 10.3 Å². The van der Waals surface area contributed by atoms with Gasteiger partial charge in [0.2, 0.25) is 0 Å². The van der Waals surface area contributed by atoms with Crippen LogP contribution in [0.1, 0.15) is 37.1 Å². The standard InChI is InChI=1S/C16H19FN2O/c1-11(13-6-5-9-18-10-13)19-12(2)16-14(17)7-4-8-15(16)20-3/h4-12,19H,1-3H3/t11-,12?/m1/s1. The molecule has 0 saturated heterocycles. The number of hydrogen-bond acceptors (Lipinski definition) is 3. The van der Waals surface area contributed by atoms with Crippen LogP contribution in [0.3, 0.4) is 0 Å². The molecular formula is C16H19FN2O. The fraction of sp³-hybridized carbons (Fsp3) is 0.312. The quantitative estimate of drug-likeness (QED) is 0.903. The number of benzene rings is 1. The second kappa shape index (κ2) is 6.48. The van der Waals surface area contributed by atoms with E-state index < -0.39 is 0 Å². The van der Waals surface area contributed by atoms with Crippen LogP contribution in [0.4, 0.5) is 4.39 Å². The Morgan fingerprint density at radius 2 is 1.95 bits per heavy atom. The van der Waals surface area contributed by atoms with Crippen molar-refractivity contribution in [3.05, 3.63) is 59.7 Å². The van der Waals surface area contributed by atoms with Crippen LogP contribution in [0.15, 0.2) is 42.7 Å². The average molecular weight is 274 g/mol. The number of nitrogens with zero attached hydrogens (tertiary/aromatic N) is 1. The van der Waals surface area contributed by atoms with Gasteiger partial charge in [0.1, 0.15) is 11.6 Å². The molecule has 1 unspecified atom stereocenters. The molecule has 0 amide bonds. The summed E-state index contributed by atoms with van der Waals surface area (Å²) in [5, 5.41) is 3.37. The Morgan fingerprint density at radius 1 is 1.15 bits per heavy atom. The normalized spacial score (nSPS) is 13.8. The molecule has 0 bridgehead atoms. The van der Waals surface area contributed by atoms with E-state index in [4.69, 9.17) is 4.74 Å². The average Bonchev–Trinajstić information content (AvgIpc) is 2.47. The monoisotopic (exact) mass is 274 g/mol. The second-order valence-corrected chi connectivity index (χ2v) is 4.75. The molecule has 1 aromatic heterocycles. The number of pyridine rings is 1. The lowest BCUT2D eigenvalue weighted by Crippen LogP contribution is -2.23. The van der Waals surface area contributed by atoms with Crippen LogP contribution >= 0.6 is 0 Å². The van der Waals surface area contributed by atoms with E-state index in [1.165, 1.54) is 6.07 Å². The van der Waals surface area contributed by atoms with Gasteiger partial charge in [0.05, 0.1) is 7.11 Å². The maximum atomic E-state index is 14.0. The maximum Gasteiger partial charge on any atom is 0.131 e. The third-order valence-electron chi connectivity index (χ3n) is 3.35. The SMILES string of the molecule is COc1cccc(F)c1C(C)N[C@H](C)c1cccnc1. The van der Waals surface area contributed by atoms with Gasteiger partial charge in [-0.1, -0.05) is 12.1 Å². The number of methoxy groups -OCH3 is 1. The lowest BCUT2D eigenvalue weighted by Gasteiger charge is -2.22. The smallest absolute Gasteiger partial charge is 0.131 e. The summed E-state index contributed by atoms with van der Waals surface area (Å²) in [7, 11) is 1.55. The molecule has 0 spiro atoms. The number of rotatable bonds is 5. The highest BCUT2D eigenvalue weighted by molar-refractivity contribution is 5.37. The fourth-order valence-electron chi connectivity index (χ4n) is 2.30. The highest BCUT2D eigenvalue weighted by Crippen LogP contribution is 2.29. The van der Waals surface area contributed by atoms with Gasteiger partial charge in [-0.25, -0.2) is 4.39 Å². The molecule has 0 aliphatic heterocycles. The minimum atomic E-state index is -0.261. The molecule has 3 nitrogen and oxygen atoms in total. The first-order chi connectivity index (χ1) is 9.63. The van der Waals surface area contributed by atoms with Gasteiger partial charge in [-0.2, -0.15) is 0 Å². The molecule has 0 aliphatic carbocycles. The predicted molar refractivity (Wildman–Crippen MR) is 77.2 cm³/mol. The van der Waals surface area contributed by atoms with Crippen molar-refractivity contribution in [2.75, 3.05) is 7.11 Å². The molecule has 2 aromatic rings. The van der Waals surface area contributed by atoms with Crippen molar-refractivity contribution in [3.8, 4) is 5.75 Å². The summed E-state index contributed by atoms with van der Waals surface area (Å²) in [6.07, 6.45) is 3.54. The molecule has 2 rings (SSSR count). The molecule has 0 saturated carbocycles. The number of halogens is 1. The topological polar surface area (TPSA) is 34.1 Å². The Kier molecular flexibility index (Phi) is 4.69. The highest BCUT2D eigenvalue weighted by Gasteiger charge is 2.18. The van der Waals surface area contributed by atoms with Crippen LogP contribution in [0.25, 0.3) is 0 Å². The zero-order valence-corrected chi connectivity index (χ0v) is 11.9. The van der Waals surface area contributed by atoms with E-state index in [9.17, 15) is 4.39 Å². The third kappa shape index (κ3) is 3.14. The van der Waals surface area contributed by atoms with Crippen molar-refractivity contribution in [2.24, 2.45) is 0 Å². The largest absolute Gasteiger partial charge is 0.496 e. The number of aromatic nitrogens is 1. The second-order valence-electron chi connectivity index (χ2n) is 4.75. The zero-order valence-electron chi connectivity index (χ0n) is 11.9. The molecule has 106 valence electrons. The maximum absolute atomic E-state index is 14.0. The van der Waals surface area contributed by atoms with E-state index in [1.54, 1.807) is 25.4 Å². The van der Waals surface area contributed by atoms with E-state index >= 15 is 0 Å². The molecule has 1 heterocycles. The van der Waals surface area contributed by atoms with Gasteiger partial charge >= 0.3 is 0 Å². The van der Waals surface area contributed by atoms with Crippen LogP contribution in [0, 0.1) is 5.82 Å². The summed E-state index contributed by atoms with van der Waals surface area (Å²) in [4.78, 5) is 4.10. The Hall–Kier alpha value is -1.94. The molecule has 1 N–H and O–H groups in total. The molecule has 1 aromatic carbocycles. The van der Waals surface area contributed by atoms with Crippen LogP contribution < -0.4 is 10.1 Å². The minimum absolute atomic E-state index is 0.0722. The van der Waals surface area contributed by atoms with E-state index in [1.807, 2.05) is 32.2 Å². The summed E-state index contributed by atoms with van der Waals surface area (Å²) in [5.41, 5.74) is 1.61. The van der Waals surface area contributed by atoms with Gasteiger partial charge in [-0.15, -0.1) is 0 Å². The van der Waals surface area contributed by atoms with Crippen molar-refractivity contribution in [1.29, 1.82) is 0 Å². The lowest BCUT2D eigenvalue weighted by molar-refractivity contribution is 0.387. The molecular weight excluding hydrogens is 255 g/mol. The molecule has 20 heavy (non-hydrogen) atoms. The molecule has 0 fully saturated rings. The summed E-state index contributed by atoms with van der Waals surface area (Å²) in [6, 6.07) is 8.66. The molecule has 0 radical (unpaired) electrons. The lowest BCUT2D eigenvalue weighted by atomic mass is 10.0. The molecule has 0 aliphatic rings. The molecule has 4 heteroatoms. The van der Waals surface area contributed by atoms with Gasteiger partial charge < -0.3 is 10.1 Å². The summed E-state index contributed by atoms with van der Waals surface area (Å²) < 4.78 is 19.3. The van der Waals surface area contributed by atoms with Crippen molar-refractivity contribution >= 4 is 0 Å². The Morgan fingerprint density at radius 3 is 2.60 bits per heavy atom. The van der Waals surface area contributed by atoms with Gasteiger partial charge in [0.15, 0.2) is 0 Å². The van der Waals surface area contributed by atoms with Crippen LogP contribution in [-0.2, 0) is 0 Å². The summed E-state index contributed by atoms with van der Waals surface area (Å²) in [6.45, 7) is 3.95. The number of ether oxygens (including phenoxy) is 1. The van der Waals surface area contributed by atoms with Crippen LogP contribution in [-0.4, -0.2) is 12.1 Å². The Bertz CT molecular complexity index is 560.